The first-order chi connectivity index (χ1) is 8.40. The van der Waals surface area contributed by atoms with Crippen LogP contribution in [0.2, 0.25) is 0 Å². The number of aromatic nitrogens is 3. The standard InChI is InChI=1S/C11H19N5O2/c1-14(6-7-4-8(12)5-7)9-10(17)15(2)11(18)16(3)13-9/h7-8H,4-6,12H2,1-3H3. The van der Waals surface area contributed by atoms with Gasteiger partial charge in [0, 0.05) is 33.7 Å². The third-order valence-electron chi connectivity index (χ3n) is 3.47. The quantitative estimate of drug-likeness (QED) is 0.720. The Hall–Kier alpha value is -1.63. The maximum absolute atomic E-state index is 12.0. The van der Waals surface area contributed by atoms with Gasteiger partial charge >= 0.3 is 5.69 Å². The Morgan fingerprint density at radius 1 is 1.39 bits per heavy atom. The van der Waals surface area contributed by atoms with Gasteiger partial charge in [-0.1, -0.05) is 0 Å². The highest BCUT2D eigenvalue weighted by atomic mass is 16.2. The van der Waals surface area contributed by atoms with E-state index in [9.17, 15) is 9.59 Å². The lowest BCUT2D eigenvalue weighted by Crippen LogP contribution is -2.46. The van der Waals surface area contributed by atoms with Crippen molar-refractivity contribution < 1.29 is 0 Å². The zero-order chi connectivity index (χ0) is 13.4. The first-order valence-corrected chi connectivity index (χ1v) is 6.01. The highest BCUT2D eigenvalue weighted by molar-refractivity contribution is 5.33. The summed E-state index contributed by atoms with van der Waals surface area (Å²) in [6.45, 7) is 0.744. The van der Waals surface area contributed by atoms with Gasteiger partial charge < -0.3 is 10.6 Å². The van der Waals surface area contributed by atoms with E-state index in [2.05, 4.69) is 5.10 Å². The van der Waals surface area contributed by atoms with E-state index in [4.69, 9.17) is 5.73 Å². The van der Waals surface area contributed by atoms with Crippen molar-refractivity contribution in [2.45, 2.75) is 18.9 Å². The van der Waals surface area contributed by atoms with Crippen LogP contribution in [0.5, 0.6) is 0 Å². The van der Waals surface area contributed by atoms with Crippen molar-refractivity contribution in [2.75, 3.05) is 18.5 Å². The van der Waals surface area contributed by atoms with Crippen molar-refractivity contribution in [3.8, 4) is 0 Å². The van der Waals surface area contributed by atoms with E-state index in [0.29, 0.717) is 17.8 Å². The van der Waals surface area contributed by atoms with Gasteiger partial charge in [0.25, 0.3) is 5.56 Å². The number of aryl methyl sites for hydroxylation is 1. The van der Waals surface area contributed by atoms with Crippen LogP contribution < -0.4 is 21.9 Å². The molecular weight excluding hydrogens is 234 g/mol. The lowest BCUT2D eigenvalue weighted by atomic mass is 9.81. The van der Waals surface area contributed by atoms with Gasteiger partial charge in [-0.15, -0.1) is 5.10 Å². The number of hydrogen-bond donors (Lipinski definition) is 1. The molecule has 1 fully saturated rings. The molecule has 100 valence electrons. The minimum atomic E-state index is -0.414. The fourth-order valence-corrected chi connectivity index (χ4v) is 2.33. The molecule has 0 unspecified atom stereocenters. The molecule has 1 heterocycles. The Labute approximate surface area is 105 Å². The summed E-state index contributed by atoms with van der Waals surface area (Å²) in [4.78, 5) is 25.3. The number of nitrogens with zero attached hydrogens (tertiary/aromatic N) is 4. The van der Waals surface area contributed by atoms with Gasteiger partial charge in [0.05, 0.1) is 0 Å². The zero-order valence-electron chi connectivity index (χ0n) is 11.0. The normalized spacial score (nSPS) is 22.7. The Bertz CT molecular complexity index is 556. The van der Waals surface area contributed by atoms with Crippen LogP contribution in [-0.2, 0) is 14.1 Å². The molecule has 18 heavy (non-hydrogen) atoms. The summed E-state index contributed by atoms with van der Waals surface area (Å²) in [5, 5.41) is 4.03. The monoisotopic (exact) mass is 253 g/mol. The molecule has 2 rings (SSSR count). The van der Waals surface area contributed by atoms with E-state index in [1.54, 1.807) is 11.9 Å². The Morgan fingerprint density at radius 2 is 2.00 bits per heavy atom. The van der Waals surface area contributed by atoms with E-state index in [0.717, 1.165) is 24.0 Å². The van der Waals surface area contributed by atoms with Crippen LogP contribution in [0.15, 0.2) is 9.59 Å². The summed E-state index contributed by atoms with van der Waals surface area (Å²) in [7, 11) is 4.82. The zero-order valence-corrected chi connectivity index (χ0v) is 11.0. The first kappa shape index (κ1) is 12.8. The van der Waals surface area contributed by atoms with Gasteiger partial charge in [-0.05, 0) is 18.8 Å². The van der Waals surface area contributed by atoms with Crippen molar-refractivity contribution in [1.29, 1.82) is 0 Å². The highest BCUT2D eigenvalue weighted by Crippen LogP contribution is 2.26. The number of hydrogen-bond acceptors (Lipinski definition) is 5. The largest absolute Gasteiger partial charge is 0.353 e. The minimum Gasteiger partial charge on any atom is -0.353 e. The maximum Gasteiger partial charge on any atom is 0.346 e. The van der Waals surface area contributed by atoms with E-state index in [-0.39, 0.29) is 5.56 Å². The van der Waals surface area contributed by atoms with E-state index in [1.165, 1.54) is 11.7 Å². The molecule has 0 bridgehead atoms. The van der Waals surface area contributed by atoms with Crippen molar-refractivity contribution in [1.82, 2.24) is 14.3 Å². The van der Waals surface area contributed by atoms with Gasteiger partial charge in [-0.3, -0.25) is 9.36 Å². The summed E-state index contributed by atoms with van der Waals surface area (Å²) in [5.74, 6) is 0.814. The van der Waals surface area contributed by atoms with Crippen LogP contribution in [0.4, 0.5) is 5.82 Å². The number of anilines is 1. The topological polar surface area (TPSA) is 86.2 Å². The van der Waals surface area contributed by atoms with Gasteiger partial charge in [0.15, 0.2) is 0 Å². The molecule has 0 radical (unpaired) electrons. The van der Waals surface area contributed by atoms with Gasteiger partial charge in [0.2, 0.25) is 5.82 Å². The van der Waals surface area contributed by atoms with Gasteiger partial charge in [-0.2, -0.15) is 0 Å². The predicted molar refractivity (Wildman–Crippen MR) is 68.7 cm³/mol. The Kier molecular flexibility index (Phi) is 3.25. The van der Waals surface area contributed by atoms with Crippen LogP contribution in [0, 0.1) is 5.92 Å². The molecule has 0 atom stereocenters. The average Bonchev–Trinajstić information content (AvgIpc) is 2.29. The molecule has 1 aromatic heterocycles. The molecule has 1 aliphatic carbocycles. The van der Waals surface area contributed by atoms with E-state index < -0.39 is 5.69 Å². The van der Waals surface area contributed by atoms with Crippen LogP contribution >= 0.6 is 0 Å². The van der Waals surface area contributed by atoms with Crippen molar-refractivity contribution in [3.05, 3.63) is 20.8 Å². The molecule has 1 saturated carbocycles. The predicted octanol–water partition coefficient (Wildman–Crippen LogP) is -1.35. The summed E-state index contributed by atoms with van der Waals surface area (Å²) >= 11 is 0. The maximum atomic E-state index is 12.0. The second kappa shape index (κ2) is 4.56. The third-order valence-corrected chi connectivity index (χ3v) is 3.47. The second-order valence-corrected chi connectivity index (χ2v) is 5.07. The Balaban J connectivity index is 2.23. The van der Waals surface area contributed by atoms with Crippen LogP contribution in [0.25, 0.3) is 0 Å². The molecule has 2 N–H and O–H groups in total. The van der Waals surface area contributed by atoms with Crippen LogP contribution in [0.3, 0.4) is 0 Å². The molecular formula is C11H19N5O2. The molecule has 1 aliphatic rings. The summed E-state index contributed by atoms with van der Waals surface area (Å²) in [6, 6.07) is 0.291. The van der Waals surface area contributed by atoms with Gasteiger partial charge in [0.1, 0.15) is 0 Å². The molecule has 0 aliphatic heterocycles. The summed E-state index contributed by atoms with van der Waals surface area (Å²) in [6.07, 6.45) is 1.97. The molecule has 1 aromatic rings. The molecule has 7 nitrogen and oxygen atoms in total. The van der Waals surface area contributed by atoms with E-state index >= 15 is 0 Å². The number of rotatable bonds is 3. The van der Waals surface area contributed by atoms with Crippen molar-refractivity contribution >= 4 is 5.82 Å². The van der Waals surface area contributed by atoms with Crippen LogP contribution in [0.1, 0.15) is 12.8 Å². The summed E-state index contributed by atoms with van der Waals surface area (Å²) < 4.78 is 2.26. The highest BCUT2D eigenvalue weighted by Gasteiger charge is 2.28. The minimum absolute atomic E-state index is 0.291. The average molecular weight is 253 g/mol. The lowest BCUT2D eigenvalue weighted by molar-refractivity contribution is 0.270. The molecule has 7 heteroatoms. The van der Waals surface area contributed by atoms with E-state index in [1.807, 2.05) is 7.05 Å². The fraction of sp³-hybridized carbons (Fsp3) is 0.727. The van der Waals surface area contributed by atoms with Crippen molar-refractivity contribution in [2.24, 2.45) is 25.7 Å². The Morgan fingerprint density at radius 3 is 2.56 bits per heavy atom. The fourth-order valence-electron chi connectivity index (χ4n) is 2.33. The smallest absolute Gasteiger partial charge is 0.346 e. The lowest BCUT2D eigenvalue weighted by Gasteiger charge is -2.35. The first-order valence-electron chi connectivity index (χ1n) is 6.01. The SMILES string of the molecule is CN(CC1CC(N)C1)c1nn(C)c(=O)n(C)c1=O. The molecule has 0 saturated heterocycles. The third kappa shape index (κ3) is 2.17. The summed E-state index contributed by atoms with van der Waals surface area (Å²) in [5.41, 5.74) is 4.96. The molecule has 0 spiro atoms. The van der Waals surface area contributed by atoms with Crippen LogP contribution in [-0.4, -0.2) is 34.0 Å². The molecule has 0 aromatic carbocycles. The second-order valence-electron chi connectivity index (χ2n) is 5.07. The molecule has 0 amide bonds. The van der Waals surface area contributed by atoms with Gasteiger partial charge in [-0.25, -0.2) is 9.48 Å². The van der Waals surface area contributed by atoms with Crippen molar-refractivity contribution in [3.63, 3.8) is 0 Å². The number of nitrogens with two attached hydrogens (primary N) is 1.